The van der Waals surface area contributed by atoms with E-state index in [-0.39, 0.29) is 28.6 Å². The minimum Gasteiger partial charge on any atom is -0.345 e. The highest BCUT2D eigenvalue weighted by Gasteiger charge is 2.22. The van der Waals surface area contributed by atoms with Gasteiger partial charge in [0, 0.05) is 24.6 Å². The molecule has 0 radical (unpaired) electrons. The van der Waals surface area contributed by atoms with Crippen molar-refractivity contribution in [2.75, 3.05) is 0 Å². The molecule has 0 saturated heterocycles. The van der Waals surface area contributed by atoms with Crippen molar-refractivity contribution < 1.29 is 4.79 Å². The molecule has 3 heterocycles. The number of hydrogen-bond acceptors (Lipinski definition) is 5. The second kappa shape index (κ2) is 8.85. The van der Waals surface area contributed by atoms with Crippen LogP contribution in [0.1, 0.15) is 61.3 Å². The maximum atomic E-state index is 13.5. The number of rotatable bonds is 6. The predicted molar refractivity (Wildman–Crippen MR) is 126 cm³/mol. The second-order valence-electron chi connectivity index (χ2n) is 8.16. The summed E-state index contributed by atoms with van der Waals surface area (Å²) in [6.07, 6.45) is 3.53. The van der Waals surface area contributed by atoms with Gasteiger partial charge in [-0.3, -0.25) is 19.1 Å². The van der Waals surface area contributed by atoms with Crippen LogP contribution >= 0.6 is 0 Å². The number of hydrogen-bond donors (Lipinski definition) is 2. The van der Waals surface area contributed by atoms with Crippen LogP contribution < -0.4 is 16.6 Å². The molecular formula is C24H26N6O3. The Balaban J connectivity index is 1.81. The molecule has 1 unspecified atom stereocenters. The molecule has 0 saturated carbocycles. The normalized spacial score (nSPS) is 12.3. The van der Waals surface area contributed by atoms with E-state index >= 15 is 0 Å². The Labute approximate surface area is 190 Å². The summed E-state index contributed by atoms with van der Waals surface area (Å²) in [5, 5.41) is 7.40. The van der Waals surface area contributed by atoms with Crippen molar-refractivity contribution in [3.8, 4) is 5.69 Å². The number of carbonyl (C=O) groups is 1. The molecule has 0 aliphatic heterocycles. The van der Waals surface area contributed by atoms with Crippen LogP contribution in [-0.2, 0) is 6.54 Å². The molecule has 0 aliphatic carbocycles. The van der Waals surface area contributed by atoms with Gasteiger partial charge in [-0.05, 0) is 43.5 Å². The van der Waals surface area contributed by atoms with Gasteiger partial charge in [0.25, 0.3) is 11.5 Å². The summed E-state index contributed by atoms with van der Waals surface area (Å²) in [5.74, 6) is -0.419. The minimum absolute atomic E-state index is 0.00129. The number of benzene rings is 1. The summed E-state index contributed by atoms with van der Waals surface area (Å²) in [7, 11) is 0. The van der Waals surface area contributed by atoms with Gasteiger partial charge in [-0.15, -0.1) is 0 Å². The zero-order chi connectivity index (χ0) is 23.7. The van der Waals surface area contributed by atoms with E-state index in [9.17, 15) is 14.4 Å². The van der Waals surface area contributed by atoms with Gasteiger partial charge >= 0.3 is 5.69 Å². The number of pyridine rings is 1. The average Bonchev–Trinajstić information content (AvgIpc) is 3.33. The van der Waals surface area contributed by atoms with Gasteiger partial charge in [0.1, 0.15) is 0 Å². The third-order valence-corrected chi connectivity index (χ3v) is 5.62. The molecule has 4 aromatic rings. The molecule has 9 nitrogen and oxygen atoms in total. The monoisotopic (exact) mass is 446 g/mol. The predicted octanol–water partition coefficient (Wildman–Crippen LogP) is 2.90. The topological polar surface area (TPSA) is 115 Å². The Morgan fingerprint density at radius 3 is 2.58 bits per heavy atom. The number of aromatic amines is 1. The van der Waals surface area contributed by atoms with Crippen molar-refractivity contribution in [1.29, 1.82) is 0 Å². The fraction of sp³-hybridized carbons (Fsp3) is 0.292. The van der Waals surface area contributed by atoms with Crippen molar-refractivity contribution >= 4 is 16.9 Å². The third kappa shape index (κ3) is 4.09. The van der Waals surface area contributed by atoms with E-state index in [1.54, 1.807) is 23.9 Å². The maximum Gasteiger partial charge on any atom is 0.329 e. The van der Waals surface area contributed by atoms with E-state index in [1.807, 2.05) is 57.3 Å². The number of nitrogens with one attached hydrogen (secondary N) is 2. The first kappa shape index (κ1) is 22.2. The van der Waals surface area contributed by atoms with Crippen molar-refractivity contribution in [1.82, 2.24) is 29.6 Å². The Bertz CT molecular complexity index is 1430. The van der Waals surface area contributed by atoms with Gasteiger partial charge in [-0.1, -0.05) is 32.0 Å². The highest BCUT2D eigenvalue weighted by molar-refractivity contribution is 6.05. The van der Waals surface area contributed by atoms with Gasteiger partial charge < -0.3 is 5.32 Å². The standard InChI is InChI=1S/C24H26N6O3/c1-5-29-21-20(23(32)28-24(29)33)17(13-18(27-21)14(2)3)22(31)26-15(4)16-9-6-7-10-19(16)30-12-8-11-25-30/h6-15H,5H2,1-4H3,(H,26,31)(H,28,32,33). The van der Waals surface area contributed by atoms with Crippen LogP contribution in [0.25, 0.3) is 16.7 Å². The second-order valence-corrected chi connectivity index (χ2v) is 8.16. The van der Waals surface area contributed by atoms with Gasteiger partial charge in [-0.25, -0.2) is 14.5 Å². The van der Waals surface area contributed by atoms with Crippen LogP contribution in [0.5, 0.6) is 0 Å². The third-order valence-electron chi connectivity index (χ3n) is 5.62. The lowest BCUT2D eigenvalue weighted by Crippen LogP contribution is -2.34. The van der Waals surface area contributed by atoms with Crippen molar-refractivity contribution in [2.45, 2.75) is 46.2 Å². The van der Waals surface area contributed by atoms with E-state index < -0.39 is 17.2 Å². The zero-order valence-corrected chi connectivity index (χ0v) is 19.0. The lowest BCUT2D eigenvalue weighted by atomic mass is 10.0. The van der Waals surface area contributed by atoms with E-state index in [1.165, 1.54) is 4.57 Å². The molecule has 0 spiro atoms. The first-order valence-electron chi connectivity index (χ1n) is 10.9. The summed E-state index contributed by atoms with van der Waals surface area (Å²) in [6.45, 7) is 7.87. The molecule has 4 rings (SSSR count). The molecule has 1 amide bonds. The first-order chi connectivity index (χ1) is 15.8. The van der Waals surface area contributed by atoms with E-state index in [4.69, 9.17) is 0 Å². The molecule has 9 heteroatoms. The van der Waals surface area contributed by atoms with Gasteiger partial charge in [-0.2, -0.15) is 5.10 Å². The Kier molecular flexibility index (Phi) is 5.95. The fourth-order valence-electron chi connectivity index (χ4n) is 3.89. The molecule has 33 heavy (non-hydrogen) atoms. The Morgan fingerprint density at radius 1 is 1.15 bits per heavy atom. The molecule has 1 atom stereocenters. The summed E-state index contributed by atoms with van der Waals surface area (Å²) in [5.41, 5.74) is 1.58. The van der Waals surface area contributed by atoms with Crippen molar-refractivity contribution in [3.05, 3.63) is 86.5 Å². The zero-order valence-electron chi connectivity index (χ0n) is 19.0. The van der Waals surface area contributed by atoms with Crippen LogP contribution in [-0.4, -0.2) is 30.2 Å². The van der Waals surface area contributed by atoms with Gasteiger partial charge in [0.15, 0.2) is 5.65 Å². The lowest BCUT2D eigenvalue weighted by Gasteiger charge is -2.19. The highest BCUT2D eigenvalue weighted by atomic mass is 16.2. The number of fused-ring (bicyclic) bond motifs is 1. The number of para-hydroxylation sites is 1. The van der Waals surface area contributed by atoms with Crippen molar-refractivity contribution in [3.63, 3.8) is 0 Å². The Hall–Kier alpha value is -4.01. The average molecular weight is 447 g/mol. The molecule has 0 fully saturated rings. The number of aryl methyl sites for hydroxylation is 1. The lowest BCUT2D eigenvalue weighted by molar-refractivity contribution is 0.0941. The fourth-order valence-corrected chi connectivity index (χ4v) is 3.89. The first-order valence-corrected chi connectivity index (χ1v) is 10.9. The highest BCUT2D eigenvalue weighted by Crippen LogP contribution is 2.23. The van der Waals surface area contributed by atoms with Crippen LogP contribution in [0.15, 0.2) is 58.4 Å². The van der Waals surface area contributed by atoms with E-state index in [0.29, 0.717) is 12.2 Å². The summed E-state index contributed by atoms with van der Waals surface area (Å²) >= 11 is 0. The van der Waals surface area contributed by atoms with Gasteiger partial charge in [0.05, 0.1) is 22.7 Å². The Morgan fingerprint density at radius 2 is 1.91 bits per heavy atom. The smallest absolute Gasteiger partial charge is 0.329 e. The quantitative estimate of drug-likeness (QED) is 0.473. The van der Waals surface area contributed by atoms with Crippen LogP contribution in [0.4, 0.5) is 0 Å². The molecule has 3 aromatic heterocycles. The molecule has 1 aromatic carbocycles. The van der Waals surface area contributed by atoms with Crippen molar-refractivity contribution in [2.24, 2.45) is 0 Å². The summed E-state index contributed by atoms with van der Waals surface area (Å²) in [4.78, 5) is 45.4. The number of carbonyl (C=O) groups excluding carboxylic acids is 1. The molecular weight excluding hydrogens is 420 g/mol. The molecule has 0 bridgehead atoms. The summed E-state index contributed by atoms with van der Waals surface area (Å²) < 4.78 is 3.11. The van der Waals surface area contributed by atoms with Gasteiger partial charge in [0.2, 0.25) is 0 Å². The minimum atomic E-state index is -0.628. The SMILES string of the molecule is CCn1c(=O)[nH]c(=O)c2c(C(=O)NC(C)c3ccccc3-n3cccn3)cc(C(C)C)nc21. The van der Waals surface area contributed by atoms with Crippen LogP contribution in [0, 0.1) is 0 Å². The number of aromatic nitrogens is 5. The molecule has 0 aliphatic rings. The maximum absolute atomic E-state index is 13.5. The molecule has 170 valence electrons. The summed E-state index contributed by atoms with van der Waals surface area (Å²) in [6, 6.07) is 10.7. The van der Waals surface area contributed by atoms with E-state index in [0.717, 1.165) is 11.3 Å². The number of nitrogens with zero attached hydrogens (tertiary/aromatic N) is 4. The van der Waals surface area contributed by atoms with Crippen LogP contribution in [0.3, 0.4) is 0 Å². The van der Waals surface area contributed by atoms with E-state index in [2.05, 4.69) is 20.4 Å². The number of H-pyrrole nitrogens is 1. The number of amides is 1. The molecule has 2 N–H and O–H groups in total. The largest absolute Gasteiger partial charge is 0.345 e. The van der Waals surface area contributed by atoms with Crippen LogP contribution in [0.2, 0.25) is 0 Å².